The third kappa shape index (κ3) is 5.97. The Balaban J connectivity index is 2.03. The number of carbonyl (C=O) groups excluding carboxylic acids is 2. The van der Waals surface area contributed by atoms with Gasteiger partial charge in [0.2, 0.25) is 11.5 Å². The number of nitrogens with one attached hydrogen (secondary N) is 2. The summed E-state index contributed by atoms with van der Waals surface area (Å²) in [5, 5.41) is 6.41. The minimum Gasteiger partial charge on any atom is -0.493 e. The van der Waals surface area contributed by atoms with Gasteiger partial charge in [-0.15, -0.1) is 0 Å². The van der Waals surface area contributed by atoms with Crippen LogP contribution in [0.1, 0.15) is 15.9 Å². The van der Waals surface area contributed by atoms with E-state index < -0.39 is 11.8 Å². The quantitative estimate of drug-likeness (QED) is 0.382. The topological polar surface area (TPSA) is 126 Å². The summed E-state index contributed by atoms with van der Waals surface area (Å²) in [4.78, 5) is 24.6. The van der Waals surface area contributed by atoms with Crippen molar-refractivity contribution in [3.63, 3.8) is 0 Å². The summed E-state index contributed by atoms with van der Waals surface area (Å²) < 4.78 is 31.6. The monoisotopic (exact) mass is 461 g/mol. The molecule has 2 amide bonds. The van der Waals surface area contributed by atoms with Crippen LogP contribution in [0.15, 0.2) is 29.4 Å². The van der Waals surface area contributed by atoms with E-state index in [4.69, 9.17) is 28.4 Å². The lowest BCUT2D eigenvalue weighted by Gasteiger charge is -2.14. The molecule has 0 aliphatic rings. The van der Waals surface area contributed by atoms with Gasteiger partial charge in [-0.3, -0.25) is 9.59 Å². The van der Waals surface area contributed by atoms with Gasteiger partial charge in [-0.05, 0) is 24.3 Å². The first kappa shape index (κ1) is 25.1. The van der Waals surface area contributed by atoms with E-state index in [-0.39, 0.29) is 12.1 Å². The Morgan fingerprint density at radius 3 is 1.88 bits per heavy atom. The summed E-state index contributed by atoms with van der Waals surface area (Å²) in [6, 6.07) is 6.34. The number of amides is 2. The minimum absolute atomic E-state index is 0.232. The molecule has 0 unspecified atom stereocenters. The molecule has 0 fully saturated rings. The van der Waals surface area contributed by atoms with E-state index in [2.05, 4.69) is 15.8 Å². The van der Waals surface area contributed by atoms with E-state index >= 15 is 0 Å². The van der Waals surface area contributed by atoms with Gasteiger partial charge >= 0.3 is 0 Å². The lowest BCUT2D eigenvalue weighted by molar-refractivity contribution is -0.120. The number of methoxy groups -OCH3 is 6. The van der Waals surface area contributed by atoms with Gasteiger partial charge in [0.1, 0.15) is 0 Å². The molecule has 0 bridgehead atoms. The fourth-order valence-electron chi connectivity index (χ4n) is 2.91. The Morgan fingerprint density at radius 1 is 0.788 bits per heavy atom. The maximum atomic E-state index is 12.5. The zero-order chi connectivity index (χ0) is 24.4. The van der Waals surface area contributed by atoms with Crippen LogP contribution in [0.4, 0.5) is 0 Å². The molecule has 0 saturated heterocycles. The van der Waals surface area contributed by atoms with E-state index in [1.165, 1.54) is 61.0 Å². The molecule has 0 heterocycles. The number of carbonyl (C=O) groups is 2. The Morgan fingerprint density at radius 2 is 1.36 bits per heavy atom. The molecule has 2 aromatic carbocycles. The molecule has 0 aromatic heterocycles. The highest BCUT2D eigenvalue weighted by atomic mass is 16.5. The third-order valence-corrected chi connectivity index (χ3v) is 4.46. The Hall–Kier alpha value is -4.15. The number of hydrogen-bond donors (Lipinski definition) is 2. The highest BCUT2D eigenvalue weighted by molar-refractivity contribution is 5.97. The van der Waals surface area contributed by atoms with Crippen LogP contribution in [0.3, 0.4) is 0 Å². The molecule has 0 aliphatic carbocycles. The van der Waals surface area contributed by atoms with Crippen molar-refractivity contribution in [2.24, 2.45) is 5.10 Å². The summed E-state index contributed by atoms with van der Waals surface area (Å²) in [6.07, 6.45) is 1.39. The standard InChI is InChI=1S/C22H27N3O8/c1-28-15-8-7-13(19(31-4)21(15)33-6)11-24-25-18(26)12-23-22(27)14-9-16(29-2)20(32-5)17(10-14)30-3/h7-11H,12H2,1-6H3,(H,23,27)(H,25,26)/b24-11-. The molecule has 2 aromatic rings. The first-order valence-electron chi connectivity index (χ1n) is 9.63. The van der Waals surface area contributed by atoms with Crippen LogP contribution in [0.5, 0.6) is 34.5 Å². The Labute approximate surface area is 191 Å². The fourth-order valence-corrected chi connectivity index (χ4v) is 2.91. The maximum Gasteiger partial charge on any atom is 0.259 e. The molecule has 0 atom stereocenters. The predicted molar refractivity (Wildman–Crippen MR) is 120 cm³/mol. The first-order valence-corrected chi connectivity index (χ1v) is 9.63. The predicted octanol–water partition coefficient (Wildman–Crippen LogP) is 1.62. The van der Waals surface area contributed by atoms with Gasteiger partial charge in [-0.25, -0.2) is 5.43 Å². The van der Waals surface area contributed by atoms with Gasteiger partial charge in [0.25, 0.3) is 11.8 Å². The summed E-state index contributed by atoms with van der Waals surface area (Å²) >= 11 is 0. The molecular formula is C22H27N3O8. The van der Waals surface area contributed by atoms with Crippen molar-refractivity contribution in [1.29, 1.82) is 0 Å². The largest absolute Gasteiger partial charge is 0.493 e. The van der Waals surface area contributed by atoms with Crippen molar-refractivity contribution in [3.8, 4) is 34.5 Å². The number of rotatable bonds is 11. The second kappa shape index (κ2) is 12.0. The maximum absolute atomic E-state index is 12.5. The van der Waals surface area contributed by atoms with Crippen molar-refractivity contribution in [2.75, 3.05) is 49.2 Å². The van der Waals surface area contributed by atoms with Crippen molar-refractivity contribution in [2.45, 2.75) is 0 Å². The molecule has 0 spiro atoms. The van der Waals surface area contributed by atoms with E-state index in [1.54, 1.807) is 12.1 Å². The second-order valence-electron chi connectivity index (χ2n) is 6.31. The van der Waals surface area contributed by atoms with E-state index in [0.29, 0.717) is 40.1 Å². The molecule has 33 heavy (non-hydrogen) atoms. The normalized spacial score (nSPS) is 10.4. The second-order valence-corrected chi connectivity index (χ2v) is 6.31. The molecule has 2 rings (SSSR count). The minimum atomic E-state index is -0.536. The molecule has 2 N–H and O–H groups in total. The van der Waals surface area contributed by atoms with Gasteiger partial charge in [0.15, 0.2) is 23.0 Å². The van der Waals surface area contributed by atoms with Gasteiger partial charge < -0.3 is 33.7 Å². The van der Waals surface area contributed by atoms with E-state index in [9.17, 15) is 9.59 Å². The summed E-state index contributed by atoms with van der Waals surface area (Å²) in [5.41, 5.74) is 3.12. The number of hydrazone groups is 1. The van der Waals surface area contributed by atoms with E-state index in [0.717, 1.165) is 0 Å². The van der Waals surface area contributed by atoms with Crippen LogP contribution in [0.25, 0.3) is 0 Å². The van der Waals surface area contributed by atoms with Crippen LogP contribution in [-0.2, 0) is 4.79 Å². The van der Waals surface area contributed by atoms with Crippen molar-refractivity contribution in [3.05, 3.63) is 35.4 Å². The number of ether oxygens (including phenoxy) is 6. The van der Waals surface area contributed by atoms with Crippen LogP contribution in [-0.4, -0.2) is 67.2 Å². The van der Waals surface area contributed by atoms with Crippen molar-refractivity contribution >= 4 is 18.0 Å². The molecule has 0 radical (unpaired) electrons. The van der Waals surface area contributed by atoms with Crippen LogP contribution in [0, 0.1) is 0 Å². The summed E-state index contributed by atoms with van der Waals surface area (Å²) in [7, 11) is 8.82. The molecule has 0 saturated carbocycles. The Bertz CT molecular complexity index is 998. The zero-order valence-electron chi connectivity index (χ0n) is 19.3. The highest BCUT2D eigenvalue weighted by Crippen LogP contribution is 2.39. The number of benzene rings is 2. The average molecular weight is 461 g/mol. The highest BCUT2D eigenvalue weighted by Gasteiger charge is 2.18. The lowest BCUT2D eigenvalue weighted by atomic mass is 10.1. The van der Waals surface area contributed by atoms with Crippen molar-refractivity contribution in [1.82, 2.24) is 10.7 Å². The molecular weight excluding hydrogens is 434 g/mol. The SMILES string of the molecule is COc1cc(C(=O)NCC(=O)N/N=C\c2ccc(OC)c(OC)c2OC)cc(OC)c1OC. The Kier molecular flexibility index (Phi) is 9.16. The lowest BCUT2D eigenvalue weighted by Crippen LogP contribution is -2.35. The average Bonchev–Trinajstić information content (AvgIpc) is 2.85. The fraction of sp³-hybridized carbons (Fsp3) is 0.318. The van der Waals surface area contributed by atoms with E-state index in [1.807, 2.05) is 0 Å². The van der Waals surface area contributed by atoms with Crippen LogP contribution in [0.2, 0.25) is 0 Å². The van der Waals surface area contributed by atoms with Gasteiger partial charge in [0.05, 0.1) is 55.4 Å². The molecule has 178 valence electrons. The molecule has 0 aliphatic heterocycles. The van der Waals surface area contributed by atoms with Crippen molar-refractivity contribution < 1.29 is 38.0 Å². The smallest absolute Gasteiger partial charge is 0.259 e. The summed E-state index contributed by atoms with van der Waals surface area (Å²) in [6.45, 7) is -0.310. The third-order valence-electron chi connectivity index (χ3n) is 4.46. The first-order chi connectivity index (χ1) is 15.9. The summed E-state index contributed by atoms with van der Waals surface area (Å²) in [5.74, 6) is 1.24. The van der Waals surface area contributed by atoms with Crippen LogP contribution < -0.4 is 39.2 Å². The van der Waals surface area contributed by atoms with Crippen LogP contribution >= 0.6 is 0 Å². The number of nitrogens with zero attached hydrogens (tertiary/aromatic N) is 1. The zero-order valence-corrected chi connectivity index (χ0v) is 19.3. The molecule has 11 nitrogen and oxygen atoms in total. The van der Waals surface area contributed by atoms with Gasteiger partial charge in [0, 0.05) is 11.1 Å². The molecule has 11 heteroatoms. The van der Waals surface area contributed by atoms with Gasteiger partial charge in [-0.2, -0.15) is 5.10 Å². The number of hydrogen-bond acceptors (Lipinski definition) is 9. The van der Waals surface area contributed by atoms with Gasteiger partial charge in [-0.1, -0.05) is 0 Å².